The highest BCUT2D eigenvalue weighted by Crippen LogP contribution is 2.32. The van der Waals surface area contributed by atoms with E-state index in [0.29, 0.717) is 131 Å². The molecule has 0 aliphatic carbocycles. The van der Waals surface area contributed by atoms with Crippen LogP contribution in [0.4, 0.5) is 86.9 Å². The number of hydrogen-bond donors (Lipinski definition) is 10. The highest BCUT2D eigenvalue weighted by atomic mass is 16.2. The van der Waals surface area contributed by atoms with Crippen LogP contribution < -0.4 is 53.2 Å². The number of carbonyl (C=O) groups excluding carboxylic acids is 6. The largest absolute Gasteiger partial charge is 0.340 e. The van der Waals surface area contributed by atoms with Crippen LogP contribution in [-0.4, -0.2) is 210 Å². The molecule has 120 heavy (non-hydrogen) atoms. The van der Waals surface area contributed by atoms with Crippen LogP contribution in [0.15, 0.2) is 164 Å². The molecule has 10 N–H and O–H groups in total. The lowest BCUT2D eigenvalue weighted by atomic mass is 10.0. The van der Waals surface area contributed by atoms with Gasteiger partial charge in [0, 0.05) is 169 Å². The van der Waals surface area contributed by atoms with Gasteiger partial charge >= 0.3 is 0 Å². The first kappa shape index (κ1) is 81.6. The number of nitrogens with zero attached hydrogens (tertiary/aromatic N) is 17. The van der Waals surface area contributed by atoms with E-state index in [1.54, 1.807) is 30.8 Å². The SMILES string of the molecule is CCN(CC)C1CN(C(=O)c2cccc(Nc3nc4nc5c(cnn35)CCCCC(=O)Nc3cccc(c3)N4)c2)C1.CCN(CC)CCN(C)C(=O)c1cccc(Nc2nc3nc4c(cnn24)CCCCC(=O)Nc2cccc(c2)N3)c1.O=C1CCCCc2cnn3c(Nc4cccc(C(=O)N5CCNCC5)c4)nc(nc23)Nc2cccc(c2)N1. The predicted octanol–water partition coefficient (Wildman–Crippen LogP) is 12.5. The van der Waals surface area contributed by atoms with Gasteiger partial charge in [0.05, 0.1) is 18.6 Å². The zero-order valence-corrected chi connectivity index (χ0v) is 68.2. The number of carbonyl (C=O) groups is 6. The van der Waals surface area contributed by atoms with Gasteiger partial charge < -0.3 is 72.8 Å². The van der Waals surface area contributed by atoms with Gasteiger partial charge in [-0.2, -0.15) is 58.7 Å². The topological polar surface area (TPSA) is 368 Å². The molecular formula is C87H101N27O6. The molecule has 0 spiro atoms. The molecule has 12 aromatic rings. The fourth-order valence-electron chi connectivity index (χ4n) is 15.1. The van der Waals surface area contributed by atoms with Crippen LogP contribution in [0, 0.1) is 0 Å². The van der Waals surface area contributed by atoms with Crippen molar-refractivity contribution >= 4 is 139 Å². The molecular weight excluding hydrogens is 1520 g/mol. The maximum absolute atomic E-state index is 13.2. The van der Waals surface area contributed by atoms with E-state index in [-0.39, 0.29) is 35.4 Å². The number of anilines is 15. The van der Waals surface area contributed by atoms with Crippen molar-refractivity contribution in [2.45, 2.75) is 111 Å². The molecule has 11 heterocycles. The summed E-state index contributed by atoms with van der Waals surface area (Å²) in [6, 6.07) is 45.2. The molecule has 6 aromatic carbocycles. The molecule has 0 atom stereocenters. The number of likely N-dealkylation sites (tertiary alicyclic amines) is 1. The van der Waals surface area contributed by atoms with Gasteiger partial charge in [-0.3, -0.25) is 33.7 Å². The molecule has 33 nitrogen and oxygen atoms in total. The van der Waals surface area contributed by atoms with Crippen molar-refractivity contribution in [2.75, 3.05) is 133 Å². The molecule has 5 aliphatic rings. The minimum atomic E-state index is -0.0363. The van der Waals surface area contributed by atoms with Crippen LogP contribution in [0.2, 0.25) is 0 Å². The Hall–Kier alpha value is -13.5. The monoisotopic (exact) mass is 1620 g/mol. The lowest BCUT2D eigenvalue weighted by molar-refractivity contribution is -0.117. The van der Waals surface area contributed by atoms with Crippen molar-refractivity contribution in [3.63, 3.8) is 0 Å². The molecule has 17 rings (SSSR count). The molecule has 2 saturated heterocycles. The summed E-state index contributed by atoms with van der Waals surface area (Å²) in [5, 5.41) is 45.8. The second-order valence-corrected chi connectivity index (χ2v) is 30.2. The molecule has 0 saturated carbocycles. The van der Waals surface area contributed by atoms with Gasteiger partial charge in [0.2, 0.25) is 53.4 Å². The van der Waals surface area contributed by atoms with Gasteiger partial charge in [-0.15, -0.1) is 0 Å². The minimum absolute atomic E-state index is 0.000788. The summed E-state index contributed by atoms with van der Waals surface area (Å²) < 4.78 is 5.05. The third-order valence-electron chi connectivity index (χ3n) is 21.8. The van der Waals surface area contributed by atoms with Crippen molar-refractivity contribution < 1.29 is 28.8 Å². The first-order valence-corrected chi connectivity index (χ1v) is 41.4. The lowest BCUT2D eigenvalue weighted by Gasteiger charge is -2.45. The zero-order valence-electron chi connectivity index (χ0n) is 68.2. The van der Waals surface area contributed by atoms with E-state index in [0.717, 1.165) is 168 Å². The summed E-state index contributed by atoms with van der Waals surface area (Å²) in [6.07, 6.45) is 13.8. The minimum Gasteiger partial charge on any atom is -0.340 e. The van der Waals surface area contributed by atoms with Crippen molar-refractivity contribution in [1.82, 2.24) is 88.6 Å². The smallest absolute Gasteiger partial charge is 0.254 e. The van der Waals surface area contributed by atoms with E-state index < -0.39 is 0 Å². The van der Waals surface area contributed by atoms with Crippen LogP contribution in [0.25, 0.3) is 16.9 Å². The van der Waals surface area contributed by atoms with Gasteiger partial charge in [0.15, 0.2) is 16.9 Å². The van der Waals surface area contributed by atoms with Gasteiger partial charge in [-0.05, 0) is 193 Å². The standard InChI is InChI=1S/C30H35N9O2.C30H37N9O2.C27H29N9O2/c1-3-37(4-2)25-18-38(19-25)28(41)20-10-7-11-22(15-20)34-30-36-29-33-24-13-8-12-23(16-24)32-26(40)14-6-5-9-21-17-31-39(30)27(21)35-29;1-4-38(5-2)17-16-37(3)28(41)21-11-8-12-23(18-21)34-30-36-29-33-25-14-9-13-24(19-25)32-26(40)15-7-6-10-22-20-31-39(30)27(22)35-29;37-23-10-2-1-5-19-17-29-36-24(19)33-26(31-22-9-4-8-21(16-22)30-23)34-27(36)32-20-7-3-6-18(15-20)25(38)35-13-11-28-12-14-35/h7-8,10-13,15-17,25H,3-6,9,14,18-19H2,1-2H3,(H,32,40)(H2,33,34,35,36);8-9,11-14,18-20H,4-7,10,15-17H2,1-3H3,(H,32,40)(H2,33,34,35,36);3-4,6-9,15-17,28H,1-2,5,10-14H2,(H,30,37)(H2,31,32,33,34). The number of aryl methyl sites for hydroxylation is 3. The van der Waals surface area contributed by atoms with Crippen molar-refractivity contribution in [3.8, 4) is 0 Å². The Bertz CT molecular complexity index is 5480. The average Bonchev–Trinajstić information content (AvgIpc) is 1.64. The van der Waals surface area contributed by atoms with Crippen LogP contribution in [0.5, 0.6) is 0 Å². The van der Waals surface area contributed by atoms with Crippen LogP contribution in [0.1, 0.15) is 133 Å². The maximum Gasteiger partial charge on any atom is 0.254 e. The number of piperazine rings is 1. The van der Waals surface area contributed by atoms with E-state index in [4.69, 9.17) is 29.9 Å². The van der Waals surface area contributed by atoms with Crippen molar-refractivity contribution in [3.05, 3.63) is 198 Å². The summed E-state index contributed by atoms with van der Waals surface area (Å²) in [4.78, 5) is 115. The molecule has 0 unspecified atom stereocenters. The number of aromatic nitrogens is 12. The highest BCUT2D eigenvalue weighted by Gasteiger charge is 2.34. The first-order valence-electron chi connectivity index (χ1n) is 41.4. The number of hydrogen-bond acceptors (Lipinski definition) is 24. The van der Waals surface area contributed by atoms with E-state index in [1.165, 1.54) is 0 Å². The Labute approximate surface area is 695 Å². The number of fused-ring (bicyclic) bond motifs is 9. The second-order valence-electron chi connectivity index (χ2n) is 30.2. The Morgan fingerprint density at radius 3 is 1.14 bits per heavy atom. The number of nitrogens with one attached hydrogen (secondary N) is 10. The van der Waals surface area contributed by atoms with Gasteiger partial charge in [0.1, 0.15) is 0 Å². The van der Waals surface area contributed by atoms with E-state index >= 15 is 0 Å². The van der Waals surface area contributed by atoms with Gasteiger partial charge in [0.25, 0.3) is 17.7 Å². The fraction of sp³-hybridized carbons (Fsp3) is 0.345. The summed E-state index contributed by atoms with van der Waals surface area (Å²) in [7, 11) is 1.84. The Morgan fingerprint density at radius 2 is 0.758 bits per heavy atom. The fourth-order valence-corrected chi connectivity index (χ4v) is 15.1. The molecule has 5 aliphatic heterocycles. The van der Waals surface area contributed by atoms with E-state index in [9.17, 15) is 28.8 Å². The number of amides is 6. The van der Waals surface area contributed by atoms with Crippen LogP contribution in [0.3, 0.4) is 0 Å². The Kier molecular flexibility index (Phi) is 26.0. The molecule has 6 aromatic heterocycles. The van der Waals surface area contributed by atoms with Crippen molar-refractivity contribution in [1.29, 1.82) is 0 Å². The third kappa shape index (κ3) is 20.2. The summed E-state index contributed by atoms with van der Waals surface area (Å²) >= 11 is 0. The molecule has 2 fully saturated rings. The predicted molar refractivity (Wildman–Crippen MR) is 465 cm³/mol. The summed E-state index contributed by atoms with van der Waals surface area (Å²) in [5.41, 5.74) is 13.4. The van der Waals surface area contributed by atoms with Gasteiger partial charge in [-0.1, -0.05) is 64.1 Å². The number of benzene rings is 6. The number of likely N-dealkylation sites (N-methyl/N-ethyl adjacent to an activating group) is 3. The molecule has 0 radical (unpaired) electrons. The lowest BCUT2D eigenvalue weighted by Crippen LogP contribution is -2.60. The maximum atomic E-state index is 13.2. The number of rotatable bonds is 17. The zero-order chi connectivity index (χ0) is 83.0. The normalized spacial score (nSPS) is 15.1. The van der Waals surface area contributed by atoms with E-state index in [2.05, 4.69) is 106 Å². The summed E-state index contributed by atoms with van der Waals surface area (Å²) in [6.45, 7) is 18.4. The second kappa shape index (κ2) is 38.3. The molecule has 33 heteroatoms. The van der Waals surface area contributed by atoms with E-state index in [1.807, 2.05) is 169 Å². The van der Waals surface area contributed by atoms with Crippen LogP contribution >= 0.6 is 0 Å². The quantitative estimate of drug-likeness (QED) is 0.0405. The molecule has 620 valence electrons. The third-order valence-corrected chi connectivity index (χ3v) is 21.8. The summed E-state index contributed by atoms with van der Waals surface area (Å²) in [5.74, 6) is 2.63. The van der Waals surface area contributed by atoms with Crippen LogP contribution in [-0.2, 0) is 33.6 Å². The van der Waals surface area contributed by atoms with Crippen molar-refractivity contribution in [2.24, 2.45) is 0 Å². The first-order chi connectivity index (χ1) is 58.5. The molecule has 12 bridgehead atoms. The Balaban J connectivity index is 0.000000140. The average molecular weight is 1620 g/mol. The van der Waals surface area contributed by atoms with Gasteiger partial charge in [-0.25, -0.2) is 0 Å². The Morgan fingerprint density at radius 1 is 0.408 bits per heavy atom. The molecule has 6 amide bonds. The highest BCUT2D eigenvalue weighted by molar-refractivity contribution is 5.98.